The highest BCUT2D eigenvalue weighted by Crippen LogP contribution is 2.26. The van der Waals surface area contributed by atoms with E-state index in [2.05, 4.69) is 42.6 Å². The Hall–Kier alpha value is -1.39. The highest BCUT2D eigenvalue weighted by molar-refractivity contribution is 9.10. The minimum Gasteiger partial charge on any atom is -0.307 e. The first-order chi connectivity index (χ1) is 9.65. The summed E-state index contributed by atoms with van der Waals surface area (Å²) < 4.78 is 3.00. The van der Waals surface area contributed by atoms with E-state index in [9.17, 15) is 0 Å². The largest absolute Gasteiger partial charge is 0.307 e. The number of aromatic nitrogens is 3. The van der Waals surface area contributed by atoms with Crippen LogP contribution < -0.4 is 0 Å². The lowest BCUT2D eigenvalue weighted by atomic mass is 10.2. The van der Waals surface area contributed by atoms with Crippen molar-refractivity contribution in [3.05, 3.63) is 58.5 Å². The third-order valence-corrected chi connectivity index (χ3v) is 3.75. The second-order valence-corrected chi connectivity index (χ2v) is 6.22. The summed E-state index contributed by atoms with van der Waals surface area (Å²) in [6.45, 7) is 2.65. The lowest BCUT2D eigenvalue weighted by molar-refractivity contribution is 0.736. The SMILES string of the molecule is CC(Cl)c1nc2cc(Br)cnc2n1Cc1ccccc1. The van der Waals surface area contributed by atoms with Gasteiger partial charge in [0.2, 0.25) is 0 Å². The molecule has 5 heteroatoms. The first-order valence-corrected chi connectivity index (χ1v) is 7.58. The van der Waals surface area contributed by atoms with E-state index in [4.69, 9.17) is 11.6 Å². The van der Waals surface area contributed by atoms with Gasteiger partial charge in [-0.3, -0.25) is 0 Å². The molecule has 102 valence electrons. The number of rotatable bonds is 3. The maximum atomic E-state index is 6.26. The van der Waals surface area contributed by atoms with E-state index >= 15 is 0 Å². The Bertz CT molecular complexity index is 737. The van der Waals surface area contributed by atoms with Crippen LogP contribution in [0.25, 0.3) is 11.2 Å². The van der Waals surface area contributed by atoms with Gasteiger partial charge in [-0.25, -0.2) is 9.97 Å². The van der Waals surface area contributed by atoms with Crippen molar-refractivity contribution in [3.8, 4) is 0 Å². The molecule has 0 radical (unpaired) electrons. The molecule has 0 aliphatic carbocycles. The van der Waals surface area contributed by atoms with Gasteiger partial charge in [-0.05, 0) is 34.5 Å². The number of pyridine rings is 1. The van der Waals surface area contributed by atoms with Crippen molar-refractivity contribution in [2.24, 2.45) is 0 Å². The molecule has 1 aromatic carbocycles. The van der Waals surface area contributed by atoms with E-state index in [1.807, 2.05) is 31.2 Å². The van der Waals surface area contributed by atoms with Crippen molar-refractivity contribution in [2.75, 3.05) is 0 Å². The molecule has 0 N–H and O–H groups in total. The predicted molar refractivity (Wildman–Crippen MR) is 85.0 cm³/mol. The van der Waals surface area contributed by atoms with Crippen LogP contribution in [0.1, 0.15) is 23.7 Å². The molecule has 0 amide bonds. The molecule has 3 nitrogen and oxygen atoms in total. The third kappa shape index (κ3) is 2.58. The number of nitrogens with zero attached hydrogens (tertiary/aromatic N) is 3. The van der Waals surface area contributed by atoms with Gasteiger partial charge in [0.1, 0.15) is 11.3 Å². The Labute approximate surface area is 130 Å². The summed E-state index contributed by atoms with van der Waals surface area (Å²) in [7, 11) is 0. The van der Waals surface area contributed by atoms with Crippen molar-refractivity contribution in [1.29, 1.82) is 0 Å². The average molecular weight is 351 g/mol. The molecule has 2 heterocycles. The molecule has 3 aromatic rings. The molecule has 1 unspecified atom stereocenters. The van der Waals surface area contributed by atoms with Crippen molar-refractivity contribution < 1.29 is 0 Å². The third-order valence-electron chi connectivity index (χ3n) is 3.12. The Balaban J connectivity index is 2.14. The number of hydrogen-bond acceptors (Lipinski definition) is 2. The number of benzene rings is 1. The van der Waals surface area contributed by atoms with Crippen molar-refractivity contribution in [2.45, 2.75) is 18.8 Å². The second kappa shape index (κ2) is 5.54. The fourth-order valence-electron chi connectivity index (χ4n) is 2.23. The molecule has 0 fully saturated rings. The molecule has 0 spiro atoms. The molecule has 0 saturated carbocycles. The molecule has 1 atom stereocenters. The molecular formula is C15H13BrClN3. The molecule has 0 bridgehead atoms. The molecule has 20 heavy (non-hydrogen) atoms. The summed E-state index contributed by atoms with van der Waals surface area (Å²) in [6, 6.07) is 12.2. The first-order valence-electron chi connectivity index (χ1n) is 6.35. The monoisotopic (exact) mass is 349 g/mol. The lowest BCUT2D eigenvalue weighted by Gasteiger charge is -2.10. The van der Waals surface area contributed by atoms with Gasteiger partial charge in [-0.2, -0.15) is 0 Å². The van der Waals surface area contributed by atoms with Crippen LogP contribution in [0.5, 0.6) is 0 Å². The highest BCUT2D eigenvalue weighted by atomic mass is 79.9. The van der Waals surface area contributed by atoms with E-state index in [0.717, 1.165) is 28.0 Å². The van der Waals surface area contributed by atoms with Crippen LogP contribution in [0.15, 0.2) is 47.1 Å². The number of alkyl halides is 1. The zero-order valence-corrected chi connectivity index (χ0v) is 13.3. The summed E-state index contributed by atoms with van der Waals surface area (Å²) in [4.78, 5) is 9.08. The summed E-state index contributed by atoms with van der Waals surface area (Å²) in [5, 5.41) is -0.160. The van der Waals surface area contributed by atoms with Gasteiger partial charge in [0.25, 0.3) is 0 Å². The minimum absolute atomic E-state index is 0.160. The maximum absolute atomic E-state index is 6.26. The minimum atomic E-state index is -0.160. The van der Waals surface area contributed by atoms with Crippen LogP contribution in [0.2, 0.25) is 0 Å². The van der Waals surface area contributed by atoms with Gasteiger partial charge in [-0.15, -0.1) is 11.6 Å². The Morgan fingerprint density at radius 3 is 2.75 bits per heavy atom. The van der Waals surface area contributed by atoms with Gasteiger partial charge in [0, 0.05) is 10.7 Å². The second-order valence-electron chi connectivity index (χ2n) is 4.65. The van der Waals surface area contributed by atoms with E-state index in [1.165, 1.54) is 5.56 Å². The number of halogens is 2. The topological polar surface area (TPSA) is 30.7 Å². The molecule has 0 aliphatic rings. The number of imidazole rings is 1. The van der Waals surface area contributed by atoms with Crippen LogP contribution >= 0.6 is 27.5 Å². The fraction of sp³-hybridized carbons (Fsp3) is 0.200. The maximum Gasteiger partial charge on any atom is 0.160 e. The van der Waals surface area contributed by atoms with Gasteiger partial charge in [-0.1, -0.05) is 30.3 Å². The Morgan fingerprint density at radius 1 is 1.30 bits per heavy atom. The molecule has 0 aliphatic heterocycles. The summed E-state index contributed by atoms with van der Waals surface area (Å²) in [5.41, 5.74) is 2.92. The van der Waals surface area contributed by atoms with Crippen LogP contribution in [-0.4, -0.2) is 14.5 Å². The lowest BCUT2D eigenvalue weighted by Crippen LogP contribution is -2.06. The van der Waals surface area contributed by atoms with Crippen LogP contribution in [0, 0.1) is 0 Å². The van der Waals surface area contributed by atoms with Gasteiger partial charge in [0.05, 0.1) is 11.9 Å². The molecule has 0 saturated heterocycles. The van der Waals surface area contributed by atoms with E-state index in [1.54, 1.807) is 6.20 Å². The predicted octanol–water partition coefficient (Wildman–Crippen LogP) is 4.54. The Kier molecular flexibility index (Phi) is 3.76. The smallest absolute Gasteiger partial charge is 0.160 e. The first kappa shape index (κ1) is 13.6. The quantitative estimate of drug-likeness (QED) is 0.649. The van der Waals surface area contributed by atoms with Gasteiger partial charge >= 0.3 is 0 Å². The number of hydrogen-bond donors (Lipinski definition) is 0. The van der Waals surface area contributed by atoms with Crippen LogP contribution in [-0.2, 0) is 6.54 Å². The normalized spacial score (nSPS) is 12.8. The van der Waals surface area contributed by atoms with Crippen molar-refractivity contribution >= 4 is 38.7 Å². The standard InChI is InChI=1S/C15H13BrClN3/c1-10(17)14-19-13-7-12(16)8-18-15(13)20(14)9-11-5-3-2-4-6-11/h2-8,10H,9H2,1H3. The summed E-state index contributed by atoms with van der Waals surface area (Å²) in [5.74, 6) is 0.844. The van der Waals surface area contributed by atoms with E-state index < -0.39 is 0 Å². The molecular weight excluding hydrogens is 338 g/mol. The van der Waals surface area contributed by atoms with E-state index in [0.29, 0.717) is 0 Å². The number of fused-ring (bicyclic) bond motifs is 1. The van der Waals surface area contributed by atoms with Crippen LogP contribution in [0.3, 0.4) is 0 Å². The van der Waals surface area contributed by atoms with Gasteiger partial charge < -0.3 is 4.57 Å². The van der Waals surface area contributed by atoms with Crippen LogP contribution in [0.4, 0.5) is 0 Å². The highest BCUT2D eigenvalue weighted by Gasteiger charge is 2.16. The van der Waals surface area contributed by atoms with Crippen molar-refractivity contribution in [3.63, 3.8) is 0 Å². The zero-order valence-electron chi connectivity index (χ0n) is 10.9. The van der Waals surface area contributed by atoms with Gasteiger partial charge in [0.15, 0.2) is 5.65 Å². The zero-order chi connectivity index (χ0) is 14.1. The van der Waals surface area contributed by atoms with Crippen molar-refractivity contribution in [1.82, 2.24) is 14.5 Å². The average Bonchev–Trinajstić information content (AvgIpc) is 2.78. The van der Waals surface area contributed by atoms with E-state index in [-0.39, 0.29) is 5.38 Å². The molecule has 2 aromatic heterocycles. The fourth-order valence-corrected chi connectivity index (χ4v) is 2.72. The summed E-state index contributed by atoms with van der Waals surface area (Å²) in [6.07, 6.45) is 1.79. The Morgan fingerprint density at radius 2 is 2.05 bits per heavy atom. The molecule has 3 rings (SSSR count). The summed E-state index contributed by atoms with van der Waals surface area (Å²) >= 11 is 9.69.